The normalized spacial score (nSPS) is 12.6. The molecule has 0 saturated heterocycles. The molecule has 0 bridgehead atoms. The second kappa shape index (κ2) is 6.11. The van der Waals surface area contributed by atoms with Gasteiger partial charge in [0.2, 0.25) is 0 Å². The van der Waals surface area contributed by atoms with Crippen molar-refractivity contribution in [2.45, 2.75) is 13.3 Å². The van der Waals surface area contributed by atoms with Crippen molar-refractivity contribution in [1.29, 1.82) is 0 Å². The highest BCUT2D eigenvalue weighted by Gasteiger charge is 2.05. The van der Waals surface area contributed by atoms with E-state index in [4.69, 9.17) is 5.73 Å². The smallest absolute Gasteiger partial charge is 0.112 e. The Bertz CT molecular complexity index is 529. The van der Waals surface area contributed by atoms with E-state index in [0.717, 1.165) is 40.7 Å². The number of pyridine rings is 2. The van der Waals surface area contributed by atoms with E-state index < -0.39 is 0 Å². The summed E-state index contributed by atoms with van der Waals surface area (Å²) in [6.45, 7) is 3.81. The Hall–Kier alpha value is -1.20. The molecular formula is C13H17BrN4. The molecule has 96 valence electrons. The molecule has 0 aliphatic heterocycles. The van der Waals surface area contributed by atoms with Crippen LogP contribution >= 0.6 is 15.9 Å². The minimum atomic E-state index is 0.550. The Balaban J connectivity index is 2.18. The number of nitrogens with zero attached hydrogens (tertiary/aromatic N) is 2. The fraction of sp³-hybridized carbons (Fsp3) is 0.385. The topological polar surface area (TPSA) is 63.8 Å². The summed E-state index contributed by atoms with van der Waals surface area (Å²) in [7, 11) is 0. The summed E-state index contributed by atoms with van der Waals surface area (Å²) in [6.07, 6.45) is 4.61. The fourth-order valence-corrected chi connectivity index (χ4v) is 2.14. The Labute approximate surface area is 115 Å². The SMILES string of the molecule is CC(CCN)CNc1ccnc2cc(Br)cnc12. The number of aromatic nitrogens is 2. The molecule has 0 fully saturated rings. The van der Waals surface area contributed by atoms with Crippen LogP contribution in [0.25, 0.3) is 11.0 Å². The van der Waals surface area contributed by atoms with Gasteiger partial charge in [-0.3, -0.25) is 9.97 Å². The minimum Gasteiger partial charge on any atom is -0.383 e. The van der Waals surface area contributed by atoms with Gasteiger partial charge >= 0.3 is 0 Å². The average molecular weight is 309 g/mol. The Morgan fingerprint density at radius 3 is 3.06 bits per heavy atom. The molecule has 3 N–H and O–H groups in total. The molecule has 0 amide bonds. The monoisotopic (exact) mass is 308 g/mol. The molecule has 0 saturated carbocycles. The molecule has 5 heteroatoms. The van der Waals surface area contributed by atoms with Gasteiger partial charge < -0.3 is 11.1 Å². The highest BCUT2D eigenvalue weighted by Crippen LogP contribution is 2.22. The van der Waals surface area contributed by atoms with Crippen molar-refractivity contribution >= 4 is 32.7 Å². The summed E-state index contributed by atoms with van der Waals surface area (Å²) in [4.78, 5) is 8.72. The molecular weight excluding hydrogens is 292 g/mol. The van der Waals surface area contributed by atoms with Crippen LogP contribution in [0.4, 0.5) is 5.69 Å². The van der Waals surface area contributed by atoms with Crippen molar-refractivity contribution in [1.82, 2.24) is 9.97 Å². The van der Waals surface area contributed by atoms with Crippen molar-refractivity contribution in [3.05, 3.63) is 29.0 Å². The van der Waals surface area contributed by atoms with Gasteiger partial charge in [0, 0.05) is 23.4 Å². The van der Waals surface area contributed by atoms with Crippen LogP contribution in [0, 0.1) is 5.92 Å². The average Bonchev–Trinajstić information content (AvgIpc) is 2.36. The summed E-state index contributed by atoms with van der Waals surface area (Å²) in [5.41, 5.74) is 8.37. The molecule has 0 aromatic carbocycles. The number of halogens is 1. The van der Waals surface area contributed by atoms with Crippen LogP contribution in [0.5, 0.6) is 0 Å². The third kappa shape index (κ3) is 3.17. The van der Waals surface area contributed by atoms with Gasteiger partial charge in [0.15, 0.2) is 0 Å². The highest BCUT2D eigenvalue weighted by molar-refractivity contribution is 9.10. The van der Waals surface area contributed by atoms with Gasteiger partial charge in [-0.1, -0.05) is 6.92 Å². The van der Waals surface area contributed by atoms with Crippen LogP contribution in [-0.2, 0) is 0 Å². The lowest BCUT2D eigenvalue weighted by Gasteiger charge is -2.13. The minimum absolute atomic E-state index is 0.550. The Kier molecular flexibility index (Phi) is 4.49. The first-order valence-electron chi connectivity index (χ1n) is 6.05. The van der Waals surface area contributed by atoms with Gasteiger partial charge in [0.1, 0.15) is 5.52 Å². The van der Waals surface area contributed by atoms with Gasteiger partial charge in [-0.15, -0.1) is 0 Å². The van der Waals surface area contributed by atoms with Crippen LogP contribution in [0.15, 0.2) is 29.0 Å². The first kappa shape index (κ1) is 13.2. The van der Waals surface area contributed by atoms with Crippen molar-refractivity contribution in [3.63, 3.8) is 0 Å². The van der Waals surface area contributed by atoms with Crippen molar-refractivity contribution in [2.75, 3.05) is 18.4 Å². The van der Waals surface area contributed by atoms with Crippen molar-refractivity contribution in [2.24, 2.45) is 11.7 Å². The van der Waals surface area contributed by atoms with Crippen LogP contribution < -0.4 is 11.1 Å². The highest BCUT2D eigenvalue weighted by atomic mass is 79.9. The number of nitrogens with one attached hydrogen (secondary N) is 1. The lowest BCUT2D eigenvalue weighted by Crippen LogP contribution is -2.15. The second-order valence-electron chi connectivity index (χ2n) is 4.44. The van der Waals surface area contributed by atoms with E-state index in [1.807, 2.05) is 12.1 Å². The summed E-state index contributed by atoms with van der Waals surface area (Å²) in [6, 6.07) is 3.93. The lowest BCUT2D eigenvalue weighted by atomic mass is 10.1. The Morgan fingerprint density at radius 2 is 2.28 bits per heavy atom. The van der Waals surface area contributed by atoms with E-state index in [1.165, 1.54) is 0 Å². The molecule has 2 heterocycles. The maximum Gasteiger partial charge on any atom is 0.112 e. The predicted molar refractivity (Wildman–Crippen MR) is 78.6 cm³/mol. The third-order valence-corrected chi connectivity index (χ3v) is 3.28. The molecule has 2 aromatic rings. The van der Waals surface area contributed by atoms with Crippen LogP contribution in [-0.4, -0.2) is 23.1 Å². The van der Waals surface area contributed by atoms with E-state index in [2.05, 4.69) is 38.1 Å². The molecule has 0 aliphatic carbocycles. The van der Waals surface area contributed by atoms with Gasteiger partial charge in [-0.05, 0) is 46.9 Å². The number of rotatable bonds is 5. The predicted octanol–water partition coefficient (Wildman–Crippen LogP) is 2.79. The largest absolute Gasteiger partial charge is 0.383 e. The van der Waals surface area contributed by atoms with Gasteiger partial charge in [-0.2, -0.15) is 0 Å². The first-order chi connectivity index (χ1) is 8.70. The van der Waals surface area contributed by atoms with E-state index in [-0.39, 0.29) is 0 Å². The van der Waals surface area contributed by atoms with Gasteiger partial charge in [0.25, 0.3) is 0 Å². The maximum atomic E-state index is 5.55. The first-order valence-corrected chi connectivity index (χ1v) is 6.84. The van der Waals surface area contributed by atoms with E-state index in [0.29, 0.717) is 5.92 Å². The van der Waals surface area contributed by atoms with Gasteiger partial charge in [0.05, 0.1) is 11.2 Å². The summed E-state index contributed by atoms with van der Waals surface area (Å²) >= 11 is 3.40. The molecule has 2 rings (SSSR count). The molecule has 4 nitrogen and oxygen atoms in total. The number of anilines is 1. The third-order valence-electron chi connectivity index (χ3n) is 2.84. The molecule has 2 aromatic heterocycles. The van der Waals surface area contributed by atoms with E-state index in [9.17, 15) is 0 Å². The quantitative estimate of drug-likeness (QED) is 0.891. The van der Waals surface area contributed by atoms with E-state index >= 15 is 0 Å². The lowest BCUT2D eigenvalue weighted by molar-refractivity contribution is 0.568. The second-order valence-corrected chi connectivity index (χ2v) is 5.36. The number of fused-ring (bicyclic) bond motifs is 1. The standard InChI is InChI=1S/C13H17BrN4/c1-9(2-4-15)7-17-11-3-5-16-12-6-10(14)8-18-13(11)12/h3,5-6,8-9H,2,4,7,15H2,1H3,(H,16,17). The van der Waals surface area contributed by atoms with Crippen LogP contribution in [0.1, 0.15) is 13.3 Å². The number of nitrogens with two attached hydrogens (primary N) is 1. The van der Waals surface area contributed by atoms with Gasteiger partial charge in [-0.25, -0.2) is 0 Å². The zero-order valence-electron chi connectivity index (χ0n) is 10.4. The zero-order valence-corrected chi connectivity index (χ0v) is 11.9. The van der Waals surface area contributed by atoms with Crippen molar-refractivity contribution in [3.8, 4) is 0 Å². The number of hydrogen-bond donors (Lipinski definition) is 2. The summed E-state index contributed by atoms with van der Waals surface area (Å²) in [5, 5.41) is 3.42. The van der Waals surface area contributed by atoms with Crippen molar-refractivity contribution < 1.29 is 0 Å². The molecule has 1 atom stereocenters. The van der Waals surface area contributed by atoms with E-state index in [1.54, 1.807) is 12.4 Å². The molecule has 0 spiro atoms. The summed E-state index contributed by atoms with van der Waals surface area (Å²) in [5.74, 6) is 0.550. The zero-order chi connectivity index (χ0) is 13.0. The molecule has 18 heavy (non-hydrogen) atoms. The maximum absolute atomic E-state index is 5.55. The summed E-state index contributed by atoms with van der Waals surface area (Å²) < 4.78 is 0.941. The molecule has 0 radical (unpaired) electrons. The van der Waals surface area contributed by atoms with Crippen LogP contribution in [0.2, 0.25) is 0 Å². The van der Waals surface area contributed by atoms with Crippen LogP contribution in [0.3, 0.4) is 0 Å². The number of hydrogen-bond acceptors (Lipinski definition) is 4. The fourth-order valence-electron chi connectivity index (χ4n) is 1.82. The molecule has 1 unspecified atom stereocenters. The Morgan fingerprint density at radius 1 is 1.44 bits per heavy atom. The molecule has 0 aliphatic rings.